The molecule has 3 rings (SSSR count). The van der Waals surface area contributed by atoms with E-state index in [-0.39, 0.29) is 0 Å². The van der Waals surface area contributed by atoms with Crippen molar-refractivity contribution in [1.29, 1.82) is 0 Å². The average molecular weight is 269 g/mol. The Hall–Kier alpha value is -1.61. The van der Waals surface area contributed by atoms with E-state index in [1.165, 1.54) is 10.9 Å². The Balaban J connectivity index is 2.05. The fraction of sp³-hybridized carbons (Fsp3) is 0.471. The highest BCUT2D eigenvalue weighted by Crippen LogP contribution is 2.30. The van der Waals surface area contributed by atoms with Crippen LogP contribution in [0.15, 0.2) is 30.3 Å². The Kier molecular flexibility index (Phi) is 3.62. The molecule has 3 nitrogen and oxygen atoms in total. The third-order valence-electron chi connectivity index (χ3n) is 4.43. The van der Waals surface area contributed by atoms with Gasteiger partial charge < -0.3 is 10.2 Å². The molecule has 0 spiro atoms. The van der Waals surface area contributed by atoms with E-state index < -0.39 is 0 Å². The minimum atomic E-state index is 0.741. The van der Waals surface area contributed by atoms with Gasteiger partial charge in [0.1, 0.15) is 5.82 Å². The van der Waals surface area contributed by atoms with Gasteiger partial charge in [-0.25, -0.2) is 4.98 Å². The molecule has 1 aromatic heterocycles. The number of benzene rings is 1. The second-order valence-electron chi connectivity index (χ2n) is 6.05. The quantitative estimate of drug-likeness (QED) is 0.928. The fourth-order valence-electron chi connectivity index (χ4n) is 3.05. The Labute approximate surface area is 121 Å². The largest absolute Gasteiger partial charge is 0.356 e. The summed E-state index contributed by atoms with van der Waals surface area (Å²) in [5, 5.41) is 4.49. The second kappa shape index (κ2) is 5.41. The van der Waals surface area contributed by atoms with E-state index in [0.29, 0.717) is 0 Å². The highest BCUT2D eigenvalue weighted by atomic mass is 15.2. The highest BCUT2D eigenvalue weighted by molar-refractivity contribution is 5.81. The lowest BCUT2D eigenvalue weighted by atomic mass is 10.0. The lowest BCUT2D eigenvalue weighted by Gasteiger charge is -2.21. The number of nitrogens with one attached hydrogen (secondary N) is 1. The zero-order valence-electron chi connectivity index (χ0n) is 12.6. The van der Waals surface area contributed by atoms with Crippen LogP contribution in [-0.4, -0.2) is 25.1 Å². The minimum Gasteiger partial charge on any atom is -0.356 e. The first kappa shape index (κ1) is 13.4. The molecule has 0 saturated carbocycles. The molecule has 2 atom stereocenters. The molecule has 1 saturated heterocycles. The predicted octanol–water partition coefficient (Wildman–Crippen LogP) is 3.05. The van der Waals surface area contributed by atoms with Gasteiger partial charge in [0.2, 0.25) is 0 Å². The summed E-state index contributed by atoms with van der Waals surface area (Å²) >= 11 is 0. The predicted molar refractivity (Wildman–Crippen MR) is 85.0 cm³/mol. The maximum absolute atomic E-state index is 4.93. The van der Waals surface area contributed by atoms with Crippen LogP contribution in [0.2, 0.25) is 0 Å². The van der Waals surface area contributed by atoms with Gasteiger partial charge in [-0.3, -0.25) is 0 Å². The Morgan fingerprint density at radius 3 is 2.60 bits per heavy atom. The number of fused-ring (bicyclic) bond motifs is 1. The van der Waals surface area contributed by atoms with Crippen LogP contribution >= 0.6 is 0 Å². The summed E-state index contributed by atoms with van der Waals surface area (Å²) in [7, 11) is 1.99. The molecule has 0 bridgehead atoms. The van der Waals surface area contributed by atoms with Gasteiger partial charge in [-0.1, -0.05) is 32.0 Å². The van der Waals surface area contributed by atoms with Crippen molar-refractivity contribution in [1.82, 2.24) is 10.3 Å². The van der Waals surface area contributed by atoms with Crippen LogP contribution in [0.1, 0.15) is 19.4 Å². The molecule has 2 unspecified atom stereocenters. The Bertz CT molecular complexity index is 598. The van der Waals surface area contributed by atoms with Crippen LogP contribution in [0.4, 0.5) is 5.82 Å². The molecule has 1 N–H and O–H groups in total. The van der Waals surface area contributed by atoms with Crippen LogP contribution in [0.25, 0.3) is 10.9 Å². The van der Waals surface area contributed by atoms with Crippen LogP contribution in [0.5, 0.6) is 0 Å². The van der Waals surface area contributed by atoms with Gasteiger partial charge in [-0.05, 0) is 31.0 Å². The van der Waals surface area contributed by atoms with Gasteiger partial charge in [0, 0.05) is 30.6 Å². The Morgan fingerprint density at radius 1 is 1.20 bits per heavy atom. The number of aromatic nitrogens is 1. The summed E-state index contributed by atoms with van der Waals surface area (Å²) in [5.41, 5.74) is 2.39. The summed E-state index contributed by atoms with van der Waals surface area (Å²) in [5.74, 6) is 2.64. The normalized spacial score (nSPS) is 22.6. The van der Waals surface area contributed by atoms with Gasteiger partial charge in [0.15, 0.2) is 0 Å². The van der Waals surface area contributed by atoms with Crippen molar-refractivity contribution >= 4 is 16.7 Å². The molecule has 0 amide bonds. The zero-order chi connectivity index (χ0) is 14.1. The van der Waals surface area contributed by atoms with Crippen molar-refractivity contribution in [2.24, 2.45) is 11.8 Å². The average Bonchev–Trinajstić information content (AvgIpc) is 2.78. The molecular formula is C17H23N3. The van der Waals surface area contributed by atoms with Gasteiger partial charge in [0.25, 0.3) is 0 Å². The molecule has 2 aromatic rings. The summed E-state index contributed by atoms with van der Waals surface area (Å²) in [6.45, 7) is 7.77. The number of pyridine rings is 1. The number of hydrogen-bond acceptors (Lipinski definition) is 3. The molecule has 0 aliphatic carbocycles. The maximum Gasteiger partial charge on any atom is 0.133 e. The van der Waals surface area contributed by atoms with Gasteiger partial charge in [-0.2, -0.15) is 0 Å². The van der Waals surface area contributed by atoms with E-state index in [0.717, 1.165) is 42.8 Å². The summed E-state index contributed by atoms with van der Waals surface area (Å²) < 4.78 is 0. The van der Waals surface area contributed by atoms with Crippen LogP contribution < -0.4 is 10.2 Å². The highest BCUT2D eigenvalue weighted by Gasteiger charge is 2.28. The van der Waals surface area contributed by atoms with E-state index in [1.807, 2.05) is 7.05 Å². The van der Waals surface area contributed by atoms with Crippen LogP contribution in [0, 0.1) is 11.8 Å². The number of para-hydroxylation sites is 1. The van der Waals surface area contributed by atoms with Crippen molar-refractivity contribution in [2.75, 3.05) is 25.0 Å². The zero-order valence-corrected chi connectivity index (χ0v) is 12.6. The first-order chi connectivity index (χ1) is 9.69. The van der Waals surface area contributed by atoms with E-state index in [1.54, 1.807) is 0 Å². The fourth-order valence-corrected chi connectivity index (χ4v) is 3.05. The molecule has 0 radical (unpaired) electrons. The van der Waals surface area contributed by atoms with E-state index in [2.05, 4.69) is 54.4 Å². The van der Waals surface area contributed by atoms with Gasteiger partial charge in [-0.15, -0.1) is 0 Å². The molecule has 20 heavy (non-hydrogen) atoms. The molecular weight excluding hydrogens is 246 g/mol. The maximum atomic E-state index is 4.93. The number of rotatable bonds is 3. The van der Waals surface area contributed by atoms with Crippen LogP contribution in [0.3, 0.4) is 0 Å². The molecule has 1 fully saturated rings. The summed E-state index contributed by atoms with van der Waals surface area (Å²) in [6, 6.07) is 10.7. The molecule has 3 heteroatoms. The third-order valence-corrected chi connectivity index (χ3v) is 4.43. The van der Waals surface area contributed by atoms with Crippen molar-refractivity contribution in [3.05, 3.63) is 35.9 Å². The number of hydrogen-bond donors (Lipinski definition) is 1. The smallest absolute Gasteiger partial charge is 0.133 e. The lowest BCUT2D eigenvalue weighted by molar-refractivity contribution is 0.494. The standard InChI is InChI=1S/C17H23N3/c1-12-10-20(11-13(12)2)17-15(9-18-3)8-14-6-4-5-7-16(14)19-17/h4-8,12-13,18H,9-11H2,1-3H3. The summed E-state index contributed by atoms with van der Waals surface area (Å²) in [6.07, 6.45) is 0. The van der Waals surface area contributed by atoms with Gasteiger partial charge in [0.05, 0.1) is 5.52 Å². The van der Waals surface area contributed by atoms with Crippen molar-refractivity contribution in [3.63, 3.8) is 0 Å². The molecule has 1 aliphatic rings. The minimum absolute atomic E-state index is 0.741. The molecule has 1 aliphatic heterocycles. The van der Waals surface area contributed by atoms with Crippen molar-refractivity contribution < 1.29 is 0 Å². The van der Waals surface area contributed by atoms with Crippen molar-refractivity contribution in [2.45, 2.75) is 20.4 Å². The number of nitrogens with zero attached hydrogens (tertiary/aromatic N) is 2. The molecule has 106 valence electrons. The topological polar surface area (TPSA) is 28.2 Å². The molecule has 2 heterocycles. The second-order valence-corrected chi connectivity index (χ2v) is 6.05. The molecule has 1 aromatic carbocycles. The lowest BCUT2D eigenvalue weighted by Crippen LogP contribution is -2.23. The monoisotopic (exact) mass is 269 g/mol. The van der Waals surface area contributed by atoms with E-state index in [4.69, 9.17) is 4.98 Å². The Morgan fingerprint density at radius 2 is 1.90 bits per heavy atom. The van der Waals surface area contributed by atoms with Gasteiger partial charge >= 0.3 is 0 Å². The number of anilines is 1. The van der Waals surface area contributed by atoms with E-state index >= 15 is 0 Å². The SMILES string of the molecule is CNCc1cc2ccccc2nc1N1CC(C)C(C)C1. The first-order valence-corrected chi connectivity index (χ1v) is 7.47. The summed E-state index contributed by atoms with van der Waals surface area (Å²) in [4.78, 5) is 7.38. The van der Waals surface area contributed by atoms with Crippen molar-refractivity contribution in [3.8, 4) is 0 Å². The third kappa shape index (κ3) is 2.38. The van der Waals surface area contributed by atoms with Crippen LogP contribution in [-0.2, 0) is 6.54 Å². The van der Waals surface area contributed by atoms with E-state index in [9.17, 15) is 0 Å². The first-order valence-electron chi connectivity index (χ1n) is 7.47.